The second kappa shape index (κ2) is 4.88. The molecule has 1 saturated heterocycles. The summed E-state index contributed by atoms with van der Waals surface area (Å²) in [6, 6.07) is 0. The smallest absolute Gasteiger partial charge is 0.246 e. The molecular weight excluding hydrogens is 198 g/mol. The van der Waals surface area contributed by atoms with E-state index in [2.05, 4.69) is 5.32 Å². The zero-order valence-electron chi connectivity index (χ0n) is 8.66. The second-order valence-corrected chi connectivity index (χ2v) is 3.64. The fourth-order valence-corrected chi connectivity index (χ4v) is 1.48. The number of nitrogens with zero attached hydrogens (tertiary/aromatic N) is 1. The summed E-state index contributed by atoms with van der Waals surface area (Å²) < 4.78 is 0. The molecule has 0 aromatic heterocycles. The Balaban J connectivity index is 2.58. The van der Waals surface area contributed by atoms with Crippen molar-refractivity contribution in [3.05, 3.63) is 0 Å². The van der Waals surface area contributed by atoms with Crippen LogP contribution < -0.4 is 11.1 Å². The van der Waals surface area contributed by atoms with Crippen molar-refractivity contribution in [1.29, 1.82) is 0 Å². The minimum atomic E-state index is -0.431. The normalized spacial score (nSPS) is 18.7. The van der Waals surface area contributed by atoms with Gasteiger partial charge in [-0.2, -0.15) is 0 Å². The largest absolute Gasteiger partial charge is 0.330 e. The second-order valence-electron chi connectivity index (χ2n) is 3.64. The number of carbonyl (C=O) groups is 3. The van der Waals surface area contributed by atoms with Crippen LogP contribution in [0.2, 0.25) is 0 Å². The standard InChI is InChI=1S/C9H15N3O3/c1-6(2-3-10)9(15)12-4-7(13)11-8(14)5-12/h6H,2-5,10H2,1H3,(H,11,13,14). The van der Waals surface area contributed by atoms with Gasteiger partial charge in [0.2, 0.25) is 17.7 Å². The Morgan fingerprint density at radius 2 is 2.00 bits per heavy atom. The number of nitrogens with two attached hydrogens (primary N) is 1. The number of amides is 3. The average molecular weight is 213 g/mol. The van der Waals surface area contributed by atoms with Crippen molar-refractivity contribution in [2.24, 2.45) is 11.7 Å². The molecule has 0 saturated carbocycles. The van der Waals surface area contributed by atoms with Gasteiger partial charge in [0.25, 0.3) is 0 Å². The molecular formula is C9H15N3O3. The van der Waals surface area contributed by atoms with Crippen LogP contribution in [0.4, 0.5) is 0 Å². The summed E-state index contributed by atoms with van der Waals surface area (Å²) in [6.45, 7) is 2.08. The molecule has 15 heavy (non-hydrogen) atoms. The van der Waals surface area contributed by atoms with E-state index in [1.165, 1.54) is 4.90 Å². The van der Waals surface area contributed by atoms with Crippen LogP contribution in [0.5, 0.6) is 0 Å². The van der Waals surface area contributed by atoms with Gasteiger partial charge in [0.15, 0.2) is 0 Å². The number of nitrogens with one attached hydrogen (secondary N) is 1. The lowest BCUT2D eigenvalue weighted by atomic mass is 10.1. The van der Waals surface area contributed by atoms with E-state index >= 15 is 0 Å². The summed E-state index contributed by atoms with van der Waals surface area (Å²) in [6.07, 6.45) is 0.561. The number of hydrogen-bond acceptors (Lipinski definition) is 4. The van der Waals surface area contributed by atoms with Gasteiger partial charge < -0.3 is 10.6 Å². The first kappa shape index (κ1) is 11.6. The van der Waals surface area contributed by atoms with E-state index in [4.69, 9.17) is 5.73 Å². The molecule has 1 aliphatic heterocycles. The summed E-state index contributed by atoms with van der Waals surface area (Å²) in [5.74, 6) is -1.29. The van der Waals surface area contributed by atoms with Crippen molar-refractivity contribution >= 4 is 17.7 Å². The molecule has 0 aliphatic carbocycles. The van der Waals surface area contributed by atoms with Crippen LogP contribution in [0.3, 0.4) is 0 Å². The number of imide groups is 1. The third kappa shape index (κ3) is 3.02. The van der Waals surface area contributed by atoms with Crippen LogP contribution in [0.25, 0.3) is 0 Å². The summed E-state index contributed by atoms with van der Waals surface area (Å²) in [5.41, 5.74) is 5.33. The maximum Gasteiger partial charge on any atom is 0.246 e. The van der Waals surface area contributed by atoms with Crippen molar-refractivity contribution < 1.29 is 14.4 Å². The minimum Gasteiger partial charge on any atom is -0.330 e. The molecule has 0 spiro atoms. The number of hydrogen-bond donors (Lipinski definition) is 2. The van der Waals surface area contributed by atoms with E-state index in [1.54, 1.807) is 6.92 Å². The van der Waals surface area contributed by atoms with E-state index in [0.29, 0.717) is 13.0 Å². The van der Waals surface area contributed by atoms with Gasteiger partial charge in [0.05, 0.1) is 0 Å². The Bertz CT molecular complexity index is 274. The van der Waals surface area contributed by atoms with Crippen molar-refractivity contribution in [2.75, 3.05) is 19.6 Å². The monoisotopic (exact) mass is 213 g/mol. The fourth-order valence-electron chi connectivity index (χ4n) is 1.48. The number of piperazine rings is 1. The first-order chi connectivity index (χ1) is 7.04. The number of carbonyl (C=O) groups excluding carboxylic acids is 3. The molecule has 1 atom stereocenters. The maximum atomic E-state index is 11.7. The average Bonchev–Trinajstić information content (AvgIpc) is 2.15. The molecule has 1 unspecified atom stereocenters. The molecule has 0 bridgehead atoms. The van der Waals surface area contributed by atoms with Crippen molar-refractivity contribution in [3.8, 4) is 0 Å². The Kier molecular flexibility index (Phi) is 3.79. The highest BCUT2D eigenvalue weighted by molar-refractivity contribution is 6.02. The Morgan fingerprint density at radius 3 is 2.47 bits per heavy atom. The van der Waals surface area contributed by atoms with Gasteiger partial charge in [-0.05, 0) is 13.0 Å². The fraction of sp³-hybridized carbons (Fsp3) is 0.667. The maximum absolute atomic E-state index is 11.7. The van der Waals surface area contributed by atoms with Crippen LogP contribution >= 0.6 is 0 Å². The summed E-state index contributed by atoms with van der Waals surface area (Å²) >= 11 is 0. The van der Waals surface area contributed by atoms with Gasteiger partial charge in [-0.15, -0.1) is 0 Å². The van der Waals surface area contributed by atoms with Crippen molar-refractivity contribution in [2.45, 2.75) is 13.3 Å². The van der Waals surface area contributed by atoms with Gasteiger partial charge in [0.1, 0.15) is 13.1 Å². The Morgan fingerprint density at radius 1 is 1.47 bits per heavy atom. The van der Waals surface area contributed by atoms with Crippen LogP contribution in [-0.4, -0.2) is 42.3 Å². The molecule has 0 aromatic rings. The molecule has 3 N–H and O–H groups in total. The van der Waals surface area contributed by atoms with E-state index in [9.17, 15) is 14.4 Å². The van der Waals surface area contributed by atoms with Gasteiger partial charge >= 0.3 is 0 Å². The zero-order valence-corrected chi connectivity index (χ0v) is 8.66. The zero-order chi connectivity index (χ0) is 11.4. The first-order valence-electron chi connectivity index (χ1n) is 4.86. The molecule has 0 radical (unpaired) electrons. The topological polar surface area (TPSA) is 92.5 Å². The summed E-state index contributed by atoms with van der Waals surface area (Å²) in [4.78, 5) is 35.0. The van der Waals surface area contributed by atoms with E-state index in [-0.39, 0.29) is 24.9 Å². The van der Waals surface area contributed by atoms with Crippen LogP contribution in [0, 0.1) is 5.92 Å². The molecule has 1 aliphatic rings. The molecule has 1 rings (SSSR count). The van der Waals surface area contributed by atoms with Crippen molar-refractivity contribution in [1.82, 2.24) is 10.2 Å². The van der Waals surface area contributed by atoms with Gasteiger partial charge in [-0.3, -0.25) is 19.7 Å². The first-order valence-corrected chi connectivity index (χ1v) is 4.86. The van der Waals surface area contributed by atoms with Gasteiger partial charge in [0, 0.05) is 5.92 Å². The third-order valence-electron chi connectivity index (χ3n) is 2.28. The molecule has 3 amide bonds. The van der Waals surface area contributed by atoms with E-state index < -0.39 is 11.8 Å². The predicted octanol–water partition coefficient (Wildman–Crippen LogP) is -1.54. The molecule has 6 heteroatoms. The minimum absolute atomic E-state index is 0.0422. The molecule has 84 valence electrons. The highest BCUT2D eigenvalue weighted by Crippen LogP contribution is 2.07. The SMILES string of the molecule is CC(CCN)C(=O)N1CC(=O)NC(=O)C1. The van der Waals surface area contributed by atoms with Gasteiger partial charge in [-0.1, -0.05) is 6.92 Å². The Labute approximate surface area is 87.8 Å². The highest BCUT2D eigenvalue weighted by atomic mass is 16.2. The van der Waals surface area contributed by atoms with Crippen LogP contribution in [-0.2, 0) is 14.4 Å². The third-order valence-corrected chi connectivity index (χ3v) is 2.28. The summed E-state index contributed by atoms with van der Waals surface area (Å²) in [7, 11) is 0. The highest BCUT2D eigenvalue weighted by Gasteiger charge is 2.28. The number of rotatable bonds is 3. The Hall–Kier alpha value is -1.43. The lowest BCUT2D eigenvalue weighted by Crippen LogP contribution is -2.54. The van der Waals surface area contributed by atoms with Crippen LogP contribution in [0.15, 0.2) is 0 Å². The van der Waals surface area contributed by atoms with E-state index in [1.807, 2.05) is 0 Å². The molecule has 0 aromatic carbocycles. The lowest BCUT2D eigenvalue weighted by molar-refractivity contribution is -0.147. The summed E-state index contributed by atoms with van der Waals surface area (Å²) in [5, 5.41) is 2.14. The lowest BCUT2D eigenvalue weighted by Gasteiger charge is -2.27. The van der Waals surface area contributed by atoms with Crippen molar-refractivity contribution in [3.63, 3.8) is 0 Å². The van der Waals surface area contributed by atoms with Crippen LogP contribution in [0.1, 0.15) is 13.3 Å². The van der Waals surface area contributed by atoms with Gasteiger partial charge in [-0.25, -0.2) is 0 Å². The molecule has 1 fully saturated rings. The quantitative estimate of drug-likeness (QED) is 0.555. The van der Waals surface area contributed by atoms with E-state index in [0.717, 1.165) is 0 Å². The predicted molar refractivity (Wildman–Crippen MR) is 52.6 cm³/mol. The molecule has 6 nitrogen and oxygen atoms in total. The molecule has 1 heterocycles.